The maximum atomic E-state index is 5.42. The second-order valence-corrected chi connectivity index (χ2v) is 2.80. The highest BCUT2D eigenvalue weighted by molar-refractivity contribution is 5.23. The van der Waals surface area contributed by atoms with Crippen molar-refractivity contribution in [3.8, 4) is 11.6 Å². The first-order valence-corrected chi connectivity index (χ1v) is 4.23. The summed E-state index contributed by atoms with van der Waals surface area (Å²) in [6, 6.07) is 7.16. The van der Waals surface area contributed by atoms with E-state index >= 15 is 0 Å². The fourth-order valence-electron chi connectivity index (χ4n) is 0.968. The Morgan fingerprint density at radius 1 is 1.00 bits per heavy atom. The lowest BCUT2D eigenvalue weighted by molar-refractivity contribution is 0.454. The van der Waals surface area contributed by atoms with E-state index in [0.29, 0.717) is 11.6 Å². The minimum atomic E-state index is 0.488. The van der Waals surface area contributed by atoms with Crippen LogP contribution in [0.5, 0.6) is 11.6 Å². The van der Waals surface area contributed by atoms with Crippen molar-refractivity contribution < 1.29 is 4.74 Å². The number of nitrogens with zero attached hydrogens (tertiary/aromatic N) is 3. The van der Waals surface area contributed by atoms with Gasteiger partial charge in [0.25, 0.3) is 0 Å². The highest BCUT2D eigenvalue weighted by Gasteiger charge is 1.97. The van der Waals surface area contributed by atoms with E-state index in [-0.39, 0.29) is 0 Å². The van der Waals surface area contributed by atoms with Crippen molar-refractivity contribution >= 4 is 0 Å². The molecule has 4 heteroatoms. The van der Waals surface area contributed by atoms with Crippen LogP contribution in [-0.2, 0) is 0 Å². The molecule has 0 amide bonds. The minimum Gasteiger partial charge on any atom is -0.437 e. The lowest BCUT2D eigenvalue weighted by atomic mass is 10.4. The van der Waals surface area contributed by atoms with E-state index in [1.54, 1.807) is 30.6 Å². The maximum absolute atomic E-state index is 5.42. The predicted molar refractivity (Wildman–Crippen MR) is 51.1 cm³/mol. The lowest BCUT2D eigenvalue weighted by Gasteiger charge is -2.02. The average Bonchev–Trinajstić information content (AvgIpc) is 2.23. The third kappa shape index (κ3) is 2.04. The van der Waals surface area contributed by atoms with Gasteiger partial charge in [0.05, 0.1) is 5.69 Å². The summed E-state index contributed by atoms with van der Waals surface area (Å²) in [5.74, 6) is 1.19. The monoisotopic (exact) mass is 187 g/mol. The van der Waals surface area contributed by atoms with E-state index in [2.05, 4.69) is 15.2 Å². The predicted octanol–water partition coefficient (Wildman–Crippen LogP) is 1.97. The summed E-state index contributed by atoms with van der Waals surface area (Å²) >= 11 is 0. The SMILES string of the molecule is Cc1ccc(Oc2ccncc2)nn1. The average molecular weight is 187 g/mol. The van der Waals surface area contributed by atoms with Crippen LogP contribution in [0.25, 0.3) is 0 Å². The zero-order chi connectivity index (χ0) is 9.80. The van der Waals surface area contributed by atoms with Gasteiger partial charge in [0.2, 0.25) is 5.88 Å². The fraction of sp³-hybridized carbons (Fsp3) is 0.100. The Labute approximate surface area is 81.6 Å². The van der Waals surface area contributed by atoms with Crippen molar-refractivity contribution in [3.05, 3.63) is 42.4 Å². The van der Waals surface area contributed by atoms with Gasteiger partial charge >= 0.3 is 0 Å². The summed E-state index contributed by atoms with van der Waals surface area (Å²) in [5.41, 5.74) is 0.868. The molecule has 0 aromatic carbocycles. The first-order valence-electron chi connectivity index (χ1n) is 4.23. The van der Waals surface area contributed by atoms with Crippen LogP contribution in [0.4, 0.5) is 0 Å². The number of hydrogen-bond acceptors (Lipinski definition) is 4. The van der Waals surface area contributed by atoms with Crippen LogP contribution in [0, 0.1) is 6.92 Å². The van der Waals surface area contributed by atoms with E-state index in [1.807, 2.05) is 13.0 Å². The van der Waals surface area contributed by atoms with Crippen molar-refractivity contribution in [3.63, 3.8) is 0 Å². The molecule has 0 saturated heterocycles. The van der Waals surface area contributed by atoms with E-state index in [9.17, 15) is 0 Å². The van der Waals surface area contributed by atoms with Crippen molar-refractivity contribution in [2.45, 2.75) is 6.92 Å². The van der Waals surface area contributed by atoms with Gasteiger partial charge in [0, 0.05) is 18.5 Å². The van der Waals surface area contributed by atoms with Crippen LogP contribution >= 0.6 is 0 Å². The second kappa shape index (κ2) is 3.83. The van der Waals surface area contributed by atoms with Gasteiger partial charge in [0.1, 0.15) is 5.75 Å². The van der Waals surface area contributed by atoms with E-state index in [1.165, 1.54) is 0 Å². The molecular weight excluding hydrogens is 178 g/mol. The number of aryl methyl sites for hydroxylation is 1. The largest absolute Gasteiger partial charge is 0.437 e. The number of hydrogen-bond donors (Lipinski definition) is 0. The zero-order valence-corrected chi connectivity index (χ0v) is 7.71. The Bertz CT molecular complexity index is 399. The molecule has 0 radical (unpaired) electrons. The van der Waals surface area contributed by atoms with E-state index in [0.717, 1.165) is 5.69 Å². The number of rotatable bonds is 2. The summed E-state index contributed by atoms with van der Waals surface area (Å²) in [5, 5.41) is 7.77. The van der Waals surface area contributed by atoms with Crippen LogP contribution in [-0.4, -0.2) is 15.2 Å². The molecule has 0 bridgehead atoms. The van der Waals surface area contributed by atoms with Crippen molar-refractivity contribution in [2.24, 2.45) is 0 Å². The molecule has 0 fully saturated rings. The molecule has 0 aliphatic heterocycles. The second-order valence-electron chi connectivity index (χ2n) is 2.80. The molecule has 2 aromatic rings. The molecular formula is C10H9N3O. The van der Waals surface area contributed by atoms with Gasteiger partial charge < -0.3 is 4.74 Å². The van der Waals surface area contributed by atoms with Crippen LogP contribution < -0.4 is 4.74 Å². The third-order valence-electron chi connectivity index (χ3n) is 1.65. The van der Waals surface area contributed by atoms with Crippen LogP contribution in [0.15, 0.2) is 36.7 Å². The number of ether oxygens (including phenoxy) is 1. The van der Waals surface area contributed by atoms with E-state index in [4.69, 9.17) is 4.74 Å². The molecule has 0 unspecified atom stereocenters. The maximum Gasteiger partial charge on any atom is 0.238 e. The lowest BCUT2D eigenvalue weighted by Crippen LogP contribution is -1.91. The smallest absolute Gasteiger partial charge is 0.238 e. The highest BCUT2D eigenvalue weighted by atomic mass is 16.5. The topological polar surface area (TPSA) is 47.9 Å². The van der Waals surface area contributed by atoms with Crippen molar-refractivity contribution in [2.75, 3.05) is 0 Å². The molecule has 2 aromatic heterocycles. The molecule has 2 heterocycles. The summed E-state index contributed by atoms with van der Waals surface area (Å²) in [7, 11) is 0. The summed E-state index contributed by atoms with van der Waals surface area (Å²) in [6.07, 6.45) is 3.33. The van der Waals surface area contributed by atoms with Crippen LogP contribution in [0.1, 0.15) is 5.69 Å². The molecule has 0 N–H and O–H groups in total. The summed E-state index contributed by atoms with van der Waals surface area (Å²) in [4.78, 5) is 3.89. The standard InChI is InChI=1S/C10H9N3O/c1-8-2-3-10(13-12-8)14-9-4-6-11-7-5-9/h2-7H,1H3. The Balaban J connectivity index is 2.16. The molecule has 14 heavy (non-hydrogen) atoms. The first-order chi connectivity index (χ1) is 6.84. The Kier molecular flexibility index (Phi) is 2.36. The Hall–Kier alpha value is -1.97. The quantitative estimate of drug-likeness (QED) is 0.721. The molecule has 70 valence electrons. The van der Waals surface area contributed by atoms with Crippen molar-refractivity contribution in [1.82, 2.24) is 15.2 Å². The van der Waals surface area contributed by atoms with Crippen LogP contribution in [0.3, 0.4) is 0 Å². The zero-order valence-electron chi connectivity index (χ0n) is 7.71. The third-order valence-corrected chi connectivity index (χ3v) is 1.65. The minimum absolute atomic E-state index is 0.488. The first kappa shape index (κ1) is 8.62. The molecule has 0 aliphatic carbocycles. The van der Waals surface area contributed by atoms with Gasteiger partial charge in [-0.2, -0.15) is 5.10 Å². The number of pyridine rings is 1. The summed E-state index contributed by atoms with van der Waals surface area (Å²) < 4.78 is 5.42. The van der Waals surface area contributed by atoms with Gasteiger partial charge in [-0.1, -0.05) is 0 Å². The molecule has 0 spiro atoms. The van der Waals surface area contributed by atoms with Crippen LogP contribution in [0.2, 0.25) is 0 Å². The summed E-state index contributed by atoms with van der Waals surface area (Å²) in [6.45, 7) is 1.88. The normalized spacial score (nSPS) is 9.79. The van der Waals surface area contributed by atoms with Gasteiger partial charge in [-0.05, 0) is 25.1 Å². The Morgan fingerprint density at radius 3 is 2.43 bits per heavy atom. The van der Waals surface area contributed by atoms with Gasteiger partial charge in [-0.3, -0.25) is 4.98 Å². The molecule has 4 nitrogen and oxygen atoms in total. The molecule has 2 rings (SSSR count). The van der Waals surface area contributed by atoms with Gasteiger partial charge in [-0.15, -0.1) is 5.10 Å². The molecule has 0 saturated carbocycles. The van der Waals surface area contributed by atoms with Gasteiger partial charge in [0.15, 0.2) is 0 Å². The molecule has 0 atom stereocenters. The molecule has 0 aliphatic rings. The van der Waals surface area contributed by atoms with Crippen molar-refractivity contribution in [1.29, 1.82) is 0 Å². The highest BCUT2D eigenvalue weighted by Crippen LogP contribution is 2.16. The fourth-order valence-corrected chi connectivity index (χ4v) is 0.968. The number of aromatic nitrogens is 3. The Morgan fingerprint density at radius 2 is 1.79 bits per heavy atom. The van der Waals surface area contributed by atoms with Gasteiger partial charge in [-0.25, -0.2) is 0 Å². The van der Waals surface area contributed by atoms with E-state index < -0.39 is 0 Å².